The molecule has 1 aliphatic rings. The van der Waals surface area contributed by atoms with Crippen LogP contribution >= 0.6 is 0 Å². The topological polar surface area (TPSA) is 56.7 Å². The third kappa shape index (κ3) is 8.09. The lowest BCUT2D eigenvalue weighted by Crippen LogP contribution is -2.46. The second-order valence-corrected chi connectivity index (χ2v) is 9.78. The molecule has 0 bridgehead atoms. The summed E-state index contributed by atoms with van der Waals surface area (Å²) in [6.45, 7) is 13.2. The van der Waals surface area contributed by atoms with Gasteiger partial charge in [-0.3, -0.25) is 9.11 Å². The van der Waals surface area contributed by atoms with Crippen molar-refractivity contribution in [2.45, 2.75) is 77.8 Å². The Morgan fingerprint density at radius 1 is 1.17 bits per heavy atom. The van der Waals surface area contributed by atoms with Gasteiger partial charge in [-0.2, -0.15) is 0 Å². The highest BCUT2D eigenvalue weighted by Gasteiger charge is 2.26. The summed E-state index contributed by atoms with van der Waals surface area (Å²) in [5, 5.41) is 7.30. The van der Waals surface area contributed by atoms with Crippen molar-refractivity contribution >= 4 is 16.8 Å². The van der Waals surface area contributed by atoms with Crippen molar-refractivity contribution in [3.63, 3.8) is 0 Å². The molecule has 0 spiro atoms. The molecule has 164 valence electrons. The van der Waals surface area contributed by atoms with Crippen LogP contribution < -0.4 is 10.6 Å². The molecule has 1 aromatic rings. The predicted molar refractivity (Wildman–Crippen MR) is 126 cm³/mol. The summed E-state index contributed by atoms with van der Waals surface area (Å²) in [4.78, 5) is 7.26. The fraction of sp³-hybridized carbons (Fsp3) is 0.696. The molecular weight excluding hydrogens is 380 g/mol. The number of aliphatic imine (C=N–C) groups is 1. The lowest BCUT2D eigenvalue weighted by molar-refractivity contribution is 0.296. The van der Waals surface area contributed by atoms with Crippen LogP contribution in [0.2, 0.25) is 0 Å². The number of hydrogen-bond donors (Lipinski definition) is 2. The highest BCUT2D eigenvalue weighted by molar-refractivity contribution is 7.85. The maximum absolute atomic E-state index is 12.2. The largest absolute Gasteiger partial charge is 0.357 e. The monoisotopic (exact) mass is 420 g/mol. The molecule has 2 rings (SSSR count). The van der Waals surface area contributed by atoms with Gasteiger partial charge in [0, 0.05) is 40.9 Å². The zero-order chi connectivity index (χ0) is 21.1. The van der Waals surface area contributed by atoms with Gasteiger partial charge in [0.15, 0.2) is 5.96 Å². The molecule has 6 heteroatoms. The average Bonchev–Trinajstić information content (AvgIpc) is 2.76. The first kappa shape index (κ1) is 23.9. The number of rotatable bonds is 10. The number of benzene rings is 1. The SMILES string of the molecule is CCNC(=NCc1cccc(CN(CC)CC)c1)NC1CCCC(S(=O)CC)C1. The molecule has 1 aliphatic carbocycles. The minimum atomic E-state index is -0.700. The highest BCUT2D eigenvalue weighted by atomic mass is 32.2. The molecule has 0 aromatic heterocycles. The third-order valence-electron chi connectivity index (χ3n) is 5.68. The Hall–Kier alpha value is -1.40. The van der Waals surface area contributed by atoms with E-state index in [2.05, 4.69) is 60.6 Å². The number of nitrogens with zero attached hydrogens (tertiary/aromatic N) is 2. The minimum Gasteiger partial charge on any atom is -0.357 e. The maximum atomic E-state index is 12.2. The van der Waals surface area contributed by atoms with E-state index in [1.165, 1.54) is 11.1 Å². The van der Waals surface area contributed by atoms with Gasteiger partial charge in [0.05, 0.1) is 6.54 Å². The Balaban J connectivity index is 1.99. The van der Waals surface area contributed by atoms with Gasteiger partial charge in [0.25, 0.3) is 0 Å². The Kier molecular flexibility index (Phi) is 10.7. The Morgan fingerprint density at radius 2 is 1.93 bits per heavy atom. The van der Waals surface area contributed by atoms with Gasteiger partial charge >= 0.3 is 0 Å². The van der Waals surface area contributed by atoms with Crippen LogP contribution in [-0.2, 0) is 23.9 Å². The van der Waals surface area contributed by atoms with E-state index in [0.717, 1.165) is 63.6 Å². The van der Waals surface area contributed by atoms with Crippen molar-refractivity contribution in [2.75, 3.05) is 25.4 Å². The fourth-order valence-electron chi connectivity index (χ4n) is 3.97. The van der Waals surface area contributed by atoms with E-state index in [-0.39, 0.29) is 0 Å². The molecule has 3 unspecified atom stereocenters. The van der Waals surface area contributed by atoms with Crippen LogP contribution in [0, 0.1) is 0 Å². The smallest absolute Gasteiger partial charge is 0.191 e. The minimum absolute atomic E-state index is 0.325. The standard InChI is InChI=1S/C23H40N4OS/c1-5-24-23(26-21-13-10-14-22(16-21)29(28)8-4)25-17-19-11-9-12-20(15-19)18-27(6-2)7-3/h9,11-12,15,21-22H,5-8,10,13-14,16-18H2,1-4H3,(H2,24,25,26). The van der Waals surface area contributed by atoms with E-state index < -0.39 is 10.8 Å². The first-order valence-corrected chi connectivity index (χ1v) is 12.7. The first-order valence-electron chi connectivity index (χ1n) is 11.3. The van der Waals surface area contributed by atoms with Crippen LogP contribution in [0.3, 0.4) is 0 Å². The molecule has 2 N–H and O–H groups in total. The predicted octanol–water partition coefficient (Wildman–Crippen LogP) is 3.66. The van der Waals surface area contributed by atoms with Crippen molar-refractivity contribution in [1.82, 2.24) is 15.5 Å². The van der Waals surface area contributed by atoms with Gasteiger partial charge < -0.3 is 10.6 Å². The summed E-state index contributed by atoms with van der Waals surface area (Å²) in [5.74, 6) is 1.63. The van der Waals surface area contributed by atoms with Crippen LogP contribution in [0.15, 0.2) is 29.3 Å². The van der Waals surface area contributed by atoms with Gasteiger partial charge in [-0.15, -0.1) is 0 Å². The highest BCUT2D eigenvalue weighted by Crippen LogP contribution is 2.23. The Labute approximate surface area is 180 Å². The summed E-state index contributed by atoms with van der Waals surface area (Å²) in [6.07, 6.45) is 4.33. The molecule has 0 aliphatic heterocycles. The van der Waals surface area contributed by atoms with E-state index >= 15 is 0 Å². The number of hydrogen-bond acceptors (Lipinski definition) is 3. The van der Waals surface area contributed by atoms with Crippen LogP contribution in [0.5, 0.6) is 0 Å². The van der Waals surface area contributed by atoms with E-state index in [1.807, 2.05) is 6.92 Å². The van der Waals surface area contributed by atoms with Crippen molar-refractivity contribution in [1.29, 1.82) is 0 Å². The molecule has 0 heterocycles. The van der Waals surface area contributed by atoms with E-state index in [9.17, 15) is 4.21 Å². The summed E-state index contributed by atoms with van der Waals surface area (Å²) < 4.78 is 12.2. The van der Waals surface area contributed by atoms with E-state index in [4.69, 9.17) is 4.99 Å². The maximum Gasteiger partial charge on any atom is 0.191 e. The molecule has 1 aromatic carbocycles. The zero-order valence-corrected chi connectivity index (χ0v) is 19.6. The molecule has 0 amide bonds. The molecule has 1 saturated carbocycles. The average molecular weight is 421 g/mol. The summed E-state index contributed by atoms with van der Waals surface area (Å²) in [7, 11) is -0.700. The van der Waals surface area contributed by atoms with Crippen molar-refractivity contribution in [3.8, 4) is 0 Å². The normalized spacial score (nSPS) is 21.2. The van der Waals surface area contributed by atoms with E-state index in [0.29, 0.717) is 17.8 Å². The lowest BCUT2D eigenvalue weighted by Gasteiger charge is -2.30. The third-order valence-corrected chi connectivity index (χ3v) is 7.42. The van der Waals surface area contributed by atoms with Gasteiger partial charge in [-0.1, -0.05) is 51.5 Å². The second kappa shape index (κ2) is 13.0. The molecule has 3 atom stereocenters. The van der Waals surface area contributed by atoms with Crippen molar-refractivity contribution in [3.05, 3.63) is 35.4 Å². The number of nitrogens with one attached hydrogen (secondary N) is 2. The van der Waals surface area contributed by atoms with Gasteiger partial charge in [0.1, 0.15) is 0 Å². The number of guanidine groups is 1. The summed E-state index contributed by atoms with van der Waals surface area (Å²) >= 11 is 0. The molecule has 1 fully saturated rings. The summed E-state index contributed by atoms with van der Waals surface area (Å²) in [5.41, 5.74) is 2.58. The molecule has 0 radical (unpaired) electrons. The van der Waals surface area contributed by atoms with Crippen LogP contribution in [-0.4, -0.2) is 51.7 Å². The van der Waals surface area contributed by atoms with E-state index in [1.54, 1.807) is 0 Å². The van der Waals surface area contributed by atoms with Gasteiger partial charge in [-0.05, 0) is 50.4 Å². The lowest BCUT2D eigenvalue weighted by atomic mass is 9.95. The molecule has 0 saturated heterocycles. The van der Waals surface area contributed by atoms with Gasteiger partial charge in [0.2, 0.25) is 0 Å². The quantitative estimate of drug-likeness (QED) is 0.448. The van der Waals surface area contributed by atoms with Crippen LogP contribution in [0.4, 0.5) is 0 Å². The molecule has 5 nitrogen and oxygen atoms in total. The summed E-state index contributed by atoms with van der Waals surface area (Å²) in [6, 6.07) is 9.11. The molecular formula is C23H40N4OS. The Bertz CT molecular complexity index is 660. The van der Waals surface area contributed by atoms with Crippen LogP contribution in [0.1, 0.15) is 64.5 Å². The van der Waals surface area contributed by atoms with Crippen molar-refractivity contribution < 1.29 is 4.21 Å². The first-order chi connectivity index (χ1) is 14.1. The second-order valence-electron chi connectivity index (χ2n) is 7.78. The zero-order valence-electron chi connectivity index (χ0n) is 18.7. The Morgan fingerprint density at radius 3 is 2.62 bits per heavy atom. The fourth-order valence-corrected chi connectivity index (χ4v) is 5.31. The van der Waals surface area contributed by atoms with Gasteiger partial charge in [-0.25, -0.2) is 4.99 Å². The van der Waals surface area contributed by atoms with Crippen LogP contribution in [0.25, 0.3) is 0 Å². The van der Waals surface area contributed by atoms with Crippen molar-refractivity contribution in [2.24, 2.45) is 4.99 Å². The molecule has 29 heavy (non-hydrogen) atoms.